The van der Waals surface area contributed by atoms with Crippen molar-refractivity contribution in [3.8, 4) is 0 Å². The van der Waals surface area contributed by atoms with Gasteiger partial charge in [-0.05, 0) is 38.1 Å². The third-order valence-corrected chi connectivity index (χ3v) is 3.74. The summed E-state index contributed by atoms with van der Waals surface area (Å²) in [6.07, 6.45) is 2.35. The second kappa shape index (κ2) is 7.90. The molecule has 1 atom stereocenters. The fourth-order valence-electron chi connectivity index (χ4n) is 2.56. The highest BCUT2D eigenvalue weighted by Gasteiger charge is 2.19. The molecule has 0 aliphatic carbocycles. The first kappa shape index (κ1) is 15.7. The van der Waals surface area contributed by atoms with E-state index < -0.39 is 0 Å². The topological polar surface area (TPSA) is 61.4 Å². The molecule has 1 aromatic carbocycles. The third-order valence-electron chi connectivity index (χ3n) is 3.74. The smallest absolute Gasteiger partial charge is 0.257 e. The van der Waals surface area contributed by atoms with E-state index in [1.165, 1.54) is 6.42 Å². The molecule has 1 saturated heterocycles. The third kappa shape index (κ3) is 4.95. The molecule has 5 heteroatoms. The number of carbonyl (C=O) groups is 2. The molecule has 1 fully saturated rings. The lowest BCUT2D eigenvalue weighted by Gasteiger charge is -2.23. The van der Waals surface area contributed by atoms with Gasteiger partial charge in [0.15, 0.2) is 0 Å². The molecule has 1 heterocycles. The number of likely N-dealkylation sites (N-methyl/N-ethyl adjacent to an activating group) is 1. The molecule has 114 valence electrons. The lowest BCUT2D eigenvalue weighted by molar-refractivity contribution is -0.121. The number of hydrogen-bond donors (Lipinski definition) is 2. The van der Waals surface area contributed by atoms with E-state index in [9.17, 15) is 9.59 Å². The Hall–Kier alpha value is -1.72. The number of carbonyl (C=O) groups excluding carboxylic acids is 2. The van der Waals surface area contributed by atoms with Gasteiger partial charge in [0.25, 0.3) is 5.91 Å². The minimum absolute atomic E-state index is 0.247. The van der Waals surface area contributed by atoms with Crippen LogP contribution in [0.5, 0.6) is 0 Å². The van der Waals surface area contributed by atoms with Gasteiger partial charge >= 0.3 is 0 Å². The highest BCUT2D eigenvalue weighted by molar-refractivity contribution is 6.05. The zero-order chi connectivity index (χ0) is 15.1. The Morgan fingerprint density at radius 2 is 2.10 bits per heavy atom. The van der Waals surface area contributed by atoms with Gasteiger partial charge in [-0.25, -0.2) is 0 Å². The molecule has 1 aliphatic heterocycles. The number of imide groups is 1. The summed E-state index contributed by atoms with van der Waals surface area (Å²) >= 11 is 0. The summed E-state index contributed by atoms with van der Waals surface area (Å²) in [4.78, 5) is 25.9. The number of rotatable bonds is 6. The highest BCUT2D eigenvalue weighted by Crippen LogP contribution is 2.06. The van der Waals surface area contributed by atoms with Crippen LogP contribution in [-0.4, -0.2) is 48.9 Å². The van der Waals surface area contributed by atoms with Crippen LogP contribution in [0.1, 0.15) is 30.1 Å². The summed E-state index contributed by atoms with van der Waals surface area (Å²) in [6.45, 7) is 4.99. The number of nitrogens with zero attached hydrogens (tertiary/aromatic N) is 1. The van der Waals surface area contributed by atoms with Crippen molar-refractivity contribution in [3.63, 3.8) is 0 Å². The standard InChI is InChI=1S/C16H23N3O2/c1-2-19(11-14-9-6-10-17-14)12-15(20)18-16(21)13-7-4-3-5-8-13/h3-5,7-8,14,17H,2,6,9-12H2,1H3,(H,18,20,21). The van der Waals surface area contributed by atoms with Crippen molar-refractivity contribution in [3.05, 3.63) is 35.9 Å². The van der Waals surface area contributed by atoms with Gasteiger partial charge in [0.1, 0.15) is 0 Å². The van der Waals surface area contributed by atoms with Crippen LogP contribution in [0.15, 0.2) is 30.3 Å². The van der Waals surface area contributed by atoms with E-state index in [0.717, 1.165) is 26.1 Å². The van der Waals surface area contributed by atoms with Crippen LogP contribution in [0.2, 0.25) is 0 Å². The molecule has 0 radical (unpaired) electrons. The van der Waals surface area contributed by atoms with Crippen LogP contribution < -0.4 is 10.6 Å². The SMILES string of the molecule is CCN(CC(=O)NC(=O)c1ccccc1)CC1CCCN1. The van der Waals surface area contributed by atoms with E-state index in [2.05, 4.69) is 15.5 Å². The Morgan fingerprint density at radius 1 is 1.33 bits per heavy atom. The first-order valence-corrected chi connectivity index (χ1v) is 7.54. The van der Waals surface area contributed by atoms with Gasteiger partial charge < -0.3 is 5.32 Å². The van der Waals surface area contributed by atoms with Gasteiger partial charge in [-0.15, -0.1) is 0 Å². The van der Waals surface area contributed by atoms with Gasteiger partial charge in [0.05, 0.1) is 6.54 Å². The lowest BCUT2D eigenvalue weighted by atomic mass is 10.2. The second-order valence-electron chi connectivity index (χ2n) is 5.36. The van der Waals surface area contributed by atoms with Crippen molar-refractivity contribution in [1.82, 2.24) is 15.5 Å². The monoisotopic (exact) mass is 289 g/mol. The predicted octanol–water partition coefficient (Wildman–Crippen LogP) is 1.02. The quantitative estimate of drug-likeness (QED) is 0.821. The highest BCUT2D eigenvalue weighted by atomic mass is 16.2. The van der Waals surface area contributed by atoms with Gasteiger partial charge in [-0.1, -0.05) is 25.1 Å². The molecule has 2 rings (SSSR count). The van der Waals surface area contributed by atoms with Gasteiger partial charge in [0, 0.05) is 18.2 Å². The first-order chi connectivity index (χ1) is 10.2. The van der Waals surface area contributed by atoms with E-state index in [1.807, 2.05) is 13.0 Å². The molecule has 21 heavy (non-hydrogen) atoms. The number of amides is 2. The van der Waals surface area contributed by atoms with E-state index in [0.29, 0.717) is 11.6 Å². The van der Waals surface area contributed by atoms with Crippen LogP contribution in [0.3, 0.4) is 0 Å². The fourth-order valence-corrected chi connectivity index (χ4v) is 2.56. The molecule has 0 spiro atoms. The molecule has 0 aromatic heterocycles. The first-order valence-electron chi connectivity index (χ1n) is 7.54. The molecule has 0 saturated carbocycles. The maximum absolute atomic E-state index is 12.0. The summed E-state index contributed by atoms with van der Waals surface area (Å²) in [5.41, 5.74) is 0.506. The molecule has 2 N–H and O–H groups in total. The van der Waals surface area contributed by atoms with Crippen molar-refractivity contribution in [2.75, 3.05) is 26.2 Å². The van der Waals surface area contributed by atoms with Gasteiger partial charge in [-0.3, -0.25) is 19.8 Å². The lowest BCUT2D eigenvalue weighted by Crippen LogP contribution is -2.44. The molecule has 1 aliphatic rings. The molecule has 1 unspecified atom stereocenters. The van der Waals surface area contributed by atoms with E-state index in [1.54, 1.807) is 24.3 Å². The average molecular weight is 289 g/mol. The molecule has 2 amide bonds. The number of hydrogen-bond acceptors (Lipinski definition) is 4. The van der Waals surface area contributed by atoms with Crippen LogP contribution in [-0.2, 0) is 4.79 Å². The molecular formula is C16H23N3O2. The van der Waals surface area contributed by atoms with Gasteiger partial charge in [-0.2, -0.15) is 0 Å². The summed E-state index contributed by atoms with van der Waals surface area (Å²) in [6, 6.07) is 9.26. The Morgan fingerprint density at radius 3 is 2.71 bits per heavy atom. The van der Waals surface area contributed by atoms with E-state index in [-0.39, 0.29) is 18.4 Å². The second-order valence-corrected chi connectivity index (χ2v) is 5.36. The molecule has 5 nitrogen and oxygen atoms in total. The Bertz CT molecular complexity index is 470. The summed E-state index contributed by atoms with van der Waals surface area (Å²) in [5, 5.41) is 5.87. The molecular weight excluding hydrogens is 266 g/mol. The zero-order valence-electron chi connectivity index (χ0n) is 12.5. The summed E-state index contributed by atoms with van der Waals surface area (Å²) in [5.74, 6) is -0.584. The Kier molecular flexibility index (Phi) is 5.90. The van der Waals surface area contributed by atoms with Crippen molar-refractivity contribution in [2.24, 2.45) is 0 Å². The van der Waals surface area contributed by atoms with E-state index in [4.69, 9.17) is 0 Å². The summed E-state index contributed by atoms with van der Waals surface area (Å²) < 4.78 is 0. The average Bonchev–Trinajstić information content (AvgIpc) is 3.00. The minimum Gasteiger partial charge on any atom is -0.313 e. The maximum atomic E-state index is 12.0. The minimum atomic E-state index is -0.337. The number of benzene rings is 1. The van der Waals surface area contributed by atoms with Gasteiger partial charge in [0.2, 0.25) is 5.91 Å². The Balaban J connectivity index is 1.80. The zero-order valence-corrected chi connectivity index (χ0v) is 12.5. The van der Waals surface area contributed by atoms with Crippen molar-refractivity contribution < 1.29 is 9.59 Å². The van der Waals surface area contributed by atoms with Crippen LogP contribution in [0, 0.1) is 0 Å². The van der Waals surface area contributed by atoms with Crippen LogP contribution in [0.4, 0.5) is 0 Å². The summed E-state index contributed by atoms with van der Waals surface area (Å²) in [7, 11) is 0. The van der Waals surface area contributed by atoms with Crippen molar-refractivity contribution in [1.29, 1.82) is 0 Å². The largest absolute Gasteiger partial charge is 0.313 e. The van der Waals surface area contributed by atoms with Crippen LogP contribution >= 0.6 is 0 Å². The Labute approximate surface area is 125 Å². The van der Waals surface area contributed by atoms with Crippen molar-refractivity contribution >= 4 is 11.8 Å². The van der Waals surface area contributed by atoms with Crippen LogP contribution in [0.25, 0.3) is 0 Å². The van der Waals surface area contributed by atoms with Crippen molar-refractivity contribution in [2.45, 2.75) is 25.8 Å². The maximum Gasteiger partial charge on any atom is 0.257 e. The molecule has 1 aromatic rings. The normalized spacial score (nSPS) is 17.9. The molecule has 0 bridgehead atoms. The fraction of sp³-hybridized carbons (Fsp3) is 0.500. The number of nitrogens with one attached hydrogen (secondary N) is 2. The van der Waals surface area contributed by atoms with E-state index >= 15 is 0 Å². The predicted molar refractivity (Wildman–Crippen MR) is 82.1 cm³/mol.